The Morgan fingerprint density at radius 3 is 2.15 bits per heavy atom. The highest BCUT2D eigenvalue weighted by molar-refractivity contribution is 9.10. The Morgan fingerprint density at radius 2 is 1.48 bits per heavy atom. The third-order valence-corrected chi connectivity index (χ3v) is 4.68. The third kappa shape index (κ3) is 3.68. The van der Waals surface area contributed by atoms with Crippen molar-refractivity contribution in [1.29, 1.82) is 0 Å². The molecule has 1 amide bonds. The van der Waals surface area contributed by atoms with Gasteiger partial charge in [0.05, 0.1) is 11.3 Å². The average molecular weight is 418 g/mol. The summed E-state index contributed by atoms with van der Waals surface area (Å²) in [6, 6.07) is 26.9. The van der Waals surface area contributed by atoms with Crippen LogP contribution in [-0.2, 0) is 4.79 Å². The van der Waals surface area contributed by atoms with Crippen LogP contribution in [0.3, 0.4) is 0 Å². The molecule has 0 aliphatic carbocycles. The molecular formula is C22H16BrN3O. The molecule has 3 aromatic carbocycles. The molecule has 27 heavy (non-hydrogen) atoms. The number of benzene rings is 3. The van der Waals surface area contributed by atoms with Crippen LogP contribution in [0.4, 0.5) is 11.4 Å². The summed E-state index contributed by atoms with van der Waals surface area (Å²) >= 11 is 3.42. The first-order valence-corrected chi connectivity index (χ1v) is 9.28. The number of halogens is 1. The standard InChI is InChI=1S/C22H16BrN3O/c23-17-11-13-18(14-12-17)24-15-20-21(16-7-3-1-4-8-16)25-26(22(20)27)19-9-5-2-6-10-19/h1-15,24H. The summed E-state index contributed by atoms with van der Waals surface area (Å²) in [4.78, 5) is 13.1. The Morgan fingerprint density at radius 1 is 0.852 bits per heavy atom. The molecule has 1 aliphatic heterocycles. The molecule has 0 aromatic heterocycles. The maximum atomic E-state index is 13.1. The first-order valence-electron chi connectivity index (χ1n) is 8.48. The molecule has 0 unspecified atom stereocenters. The van der Waals surface area contributed by atoms with E-state index in [1.54, 1.807) is 6.20 Å². The molecule has 3 aromatic rings. The molecular weight excluding hydrogens is 402 g/mol. The van der Waals surface area contributed by atoms with Crippen molar-refractivity contribution >= 4 is 38.9 Å². The summed E-state index contributed by atoms with van der Waals surface area (Å²) < 4.78 is 0.999. The van der Waals surface area contributed by atoms with E-state index in [0.29, 0.717) is 11.3 Å². The molecule has 5 heteroatoms. The van der Waals surface area contributed by atoms with Crippen LogP contribution in [0, 0.1) is 0 Å². The van der Waals surface area contributed by atoms with Crippen molar-refractivity contribution in [1.82, 2.24) is 0 Å². The molecule has 0 fully saturated rings. The van der Waals surface area contributed by atoms with Gasteiger partial charge < -0.3 is 5.32 Å². The van der Waals surface area contributed by atoms with Crippen LogP contribution in [0.1, 0.15) is 5.56 Å². The van der Waals surface area contributed by atoms with E-state index in [9.17, 15) is 4.79 Å². The van der Waals surface area contributed by atoms with Crippen LogP contribution in [0.25, 0.3) is 0 Å². The summed E-state index contributed by atoms with van der Waals surface area (Å²) in [5.41, 5.74) is 3.70. The summed E-state index contributed by atoms with van der Waals surface area (Å²) in [6.07, 6.45) is 1.72. The van der Waals surface area contributed by atoms with Gasteiger partial charge in [-0.05, 0) is 36.4 Å². The molecule has 1 N–H and O–H groups in total. The van der Waals surface area contributed by atoms with Crippen molar-refractivity contribution in [3.05, 3.63) is 107 Å². The highest BCUT2D eigenvalue weighted by Crippen LogP contribution is 2.26. The minimum atomic E-state index is -0.162. The van der Waals surface area contributed by atoms with Crippen LogP contribution in [0.5, 0.6) is 0 Å². The van der Waals surface area contributed by atoms with Crippen molar-refractivity contribution < 1.29 is 4.79 Å². The van der Waals surface area contributed by atoms with Crippen LogP contribution in [0.2, 0.25) is 0 Å². The molecule has 0 bridgehead atoms. The summed E-state index contributed by atoms with van der Waals surface area (Å²) in [7, 11) is 0. The van der Waals surface area contributed by atoms with E-state index in [4.69, 9.17) is 0 Å². The van der Waals surface area contributed by atoms with E-state index in [2.05, 4.69) is 26.3 Å². The Balaban J connectivity index is 1.72. The molecule has 0 radical (unpaired) electrons. The first-order chi connectivity index (χ1) is 13.2. The van der Waals surface area contributed by atoms with Gasteiger partial charge >= 0.3 is 0 Å². The smallest absolute Gasteiger partial charge is 0.282 e. The Kier molecular flexibility index (Phi) is 4.85. The number of carbonyl (C=O) groups excluding carboxylic acids is 1. The third-order valence-electron chi connectivity index (χ3n) is 4.15. The fourth-order valence-corrected chi connectivity index (χ4v) is 3.06. The SMILES string of the molecule is O=C1C(=CNc2ccc(Br)cc2)C(c2ccccc2)=NN1c1ccccc1. The largest absolute Gasteiger partial charge is 0.361 e. The second-order valence-electron chi connectivity index (χ2n) is 5.98. The predicted molar refractivity (Wildman–Crippen MR) is 113 cm³/mol. The van der Waals surface area contributed by atoms with Gasteiger partial charge in [-0.1, -0.05) is 64.5 Å². The molecule has 0 saturated carbocycles. The van der Waals surface area contributed by atoms with Gasteiger partial charge in [0.15, 0.2) is 0 Å². The number of carbonyl (C=O) groups is 1. The number of hydrogen-bond acceptors (Lipinski definition) is 3. The lowest BCUT2D eigenvalue weighted by atomic mass is 10.0. The zero-order chi connectivity index (χ0) is 18.6. The number of rotatable bonds is 4. The Hall–Kier alpha value is -3.18. The summed E-state index contributed by atoms with van der Waals surface area (Å²) in [6.45, 7) is 0. The number of hydrogen-bond donors (Lipinski definition) is 1. The monoisotopic (exact) mass is 417 g/mol. The Labute approximate surface area is 166 Å². The van der Waals surface area contributed by atoms with Crippen molar-refractivity contribution in [2.75, 3.05) is 10.3 Å². The number of hydrazone groups is 1. The number of para-hydroxylation sites is 1. The minimum absolute atomic E-state index is 0.162. The van der Waals surface area contributed by atoms with Gasteiger partial charge in [0.1, 0.15) is 5.71 Å². The van der Waals surface area contributed by atoms with Crippen LogP contribution < -0.4 is 10.3 Å². The Bertz CT molecular complexity index is 1010. The van der Waals surface area contributed by atoms with E-state index >= 15 is 0 Å². The van der Waals surface area contributed by atoms with Crippen molar-refractivity contribution in [3.8, 4) is 0 Å². The molecule has 4 nitrogen and oxygen atoms in total. The number of nitrogens with one attached hydrogen (secondary N) is 1. The van der Waals surface area contributed by atoms with Crippen molar-refractivity contribution in [3.63, 3.8) is 0 Å². The van der Waals surface area contributed by atoms with Gasteiger partial charge in [0.25, 0.3) is 5.91 Å². The van der Waals surface area contributed by atoms with E-state index in [1.165, 1.54) is 5.01 Å². The summed E-state index contributed by atoms with van der Waals surface area (Å²) in [5, 5.41) is 9.25. The predicted octanol–water partition coefficient (Wildman–Crippen LogP) is 5.20. The zero-order valence-electron chi connectivity index (χ0n) is 14.3. The molecule has 1 aliphatic rings. The first kappa shape index (κ1) is 17.2. The quantitative estimate of drug-likeness (QED) is 0.593. The maximum Gasteiger partial charge on any atom is 0.282 e. The molecule has 132 valence electrons. The van der Waals surface area contributed by atoms with Gasteiger partial charge in [0, 0.05) is 21.9 Å². The van der Waals surface area contributed by atoms with Gasteiger partial charge in [-0.25, -0.2) is 0 Å². The minimum Gasteiger partial charge on any atom is -0.361 e. The molecule has 0 atom stereocenters. The van der Waals surface area contributed by atoms with E-state index in [0.717, 1.165) is 21.4 Å². The lowest BCUT2D eigenvalue weighted by Gasteiger charge is -2.11. The van der Waals surface area contributed by atoms with E-state index in [1.807, 2.05) is 84.9 Å². The fourth-order valence-electron chi connectivity index (χ4n) is 2.80. The second kappa shape index (κ2) is 7.60. The van der Waals surface area contributed by atoms with Crippen LogP contribution in [0.15, 0.2) is 106 Å². The highest BCUT2D eigenvalue weighted by atomic mass is 79.9. The number of anilines is 2. The topological polar surface area (TPSA) is 44.7 Å². The zero-order valence-corrected chi connectivity index (χ0v) is 15.9. The highest BCUT2D eigenvalue weighted by Gasteiger charge is 2.31. The number of nitrogens with zero attached hydrogens (tertiary/aromatic N) is 2. The lowest BCUT2D eigenvalue weighted by Crippen LogP contribution is -2.21. The second-order valence-corrected chi connectivity index (χ2v) is 6.89. The molecule has 4 rings (SSSR count). The number of amides is 1. The van der Waals surface area contributed by atoms with E-state index in [-0.39, 0.29) is 5.91 Å². The van der Waals surface area contributed by atoms with Gasteiger partial charge in [0.2, 0.25) is 0 Å². The summed E-state index contributed by atoms with van der Waals surface area (Å²) in [5.74, 6) is -0.162. The molecule has 0 saturated heterocycles. The average Bonchev–Trinajstić information content (AvgIpc) is 3.05. The van der Waals surface area contributed by atoms with Gasteiger partial charge in [-0.2, -0.15) is 10.1 Å². The fraction of sp³-hybridized carbons (Fsp3) is 0. The lowest BCUT2D eigenvalue weighted by molar-refractivity contribution is -0.114. The van der Waals surface area contributed by atoms with E-state index < -0.39 is 0 Å². The normalized spacial score (nSPS) is 15.1. The maximum absolute atomic E-state index is 13.1. The van der Waals surface area contributed by atoms with Crippen LogP contribution >= 0.6 is 15.9 Å². The molecule has 0 spiro atoms. The molecule has 1 heterocycles. The van der Waals surface area contributed by atoms with Crippen molar-refractivity contribution in [2.45, 2.75) is 0 Å². The van der Waals surface area contributed by atoms with Crippen molar-refractivity contribution in [2.24, 2.45) is 5.10 Å². The van der Waals surface area contributed by atoms with Gasteiger partial charge in [-0.3, -0.25) is 4.79 Å². The van der Waals surface area contributed by atoms with Gasteiger partial charge in [-0.15, -0.1) is 0 Å². The van der Waals surface area contributed by atoms with Crippen LogP contribution in [-0.4, -0.2) is 11.6 Å².